The normalized spacial score (nSPS) is 18.7. The molecule has 1 fully saturated rings. The topological polar surface area (TPSA) is 74.3 Å². The molecule has 3 rings (SSSR count). The van der Waals surface area contributed by atoms with Gasteiger partial charge < -0.3 is 19.5 Å². The first-order valence-electron chi connectivity index (χ1n) is 8.05. The minimum absolute atomic E-state index is 0.0222. The van der Waals surface area contributed by atoms with E-state index in [4.69, 9.17) is 4.74 Å². The molecule has 1 aliphatic heterocycles. The number of ether oxygens (including phenoxy) is 1. The van der Waals surface area contributed by atoms with Gasteiger partial charge >= 0.3 is 0 Å². The summed E-state index contributed by atoms with van der Waals surface area (Å²) in [7, 11) is 2.08. The van der Waals surface area contributed by atoms with Crippen LogP contribution in [0.5, 0.6) is 0 Å². The van der Waals surface area contributed by atoms with E-state index >= 15 is 0 Å². The monoisotopic (exact) mass is 349 g/mol. The van der Waals surface area contributed by atoms with Gasteiger partial charge in [-0.3, -0.25) is 4.79 Å². The third kappa shape index (κ3) is 4.00. The van der Waals surface area contributed by atoms with Crippen molar-refractivity contribution in [3.05, 3.63) is 34.1 Å². The van der Waals surface area contributed by atoms with Crippen molar-refractivity contribution in [1.82, 2.24) is 24.4 Å². The number of aromatic nitrogens is 3. The molecule has 3 heterocycles. The van der Waals surface area contributed by atoms with Crippen molar-refractivity contribution in [2.24, 2.45) is 0 Å². The molecular weight excluding hydrogens is 326 g/mol. The summed E-state index contributed by atoms with van der Waals surface area (Å²) in [4.78, 5) is 20.8. The van der Waals surface area contributed by atoms with Crippen molar-refractivity contribution in [2.75, 3.05) is 33.3 Å². The van der Waals surface area contributed by atoms with Gasteiger partial charge in [-0.05, 0) is 44.1 Å². The fraction of sp³-hybridized carbons (Fsp3) is 0.562. The van der Waals surface area contributed by atoms with Crippen molar-refractivity contribution in [2.45, 2.75) is 26.5 Å². The lowest BCUT2D eigenvalue weighted by Crippen LogP contribution is -2.47. The number of hydrogen-bond donors (Lipinski definition) is 1. The summed E-state index contributed by atoms with van der Waals surface area (Å²) >= 11 is 1.13. The molecule has 1 N–H and O–H groups in total. The van der Waals surface area contributed by atoms with Gasteiger partial charge in [-0.15, -0.1) is 5.10 Å². The Labute approximate surface area is 145 Å². The molecule has 0 aromatic carbocycles. The van der Waals surface area contributed by atoms with Gasteiger partial charge in [0.15, 0.2) is 0 Å². The number of carbonyl (C=O) groups is 1. The predicted molar refractivity (Wildman–Crippen MR) is 92.2 cm³/mol. The number of hydrogen-bond acceptors (Lipinski definition) is 6. The maximum absolute atomic E-state index is 12.9. The molecule has 1 aliphatic rings. The fourth-order valence-corrected chi connectivity index (χ4v) is 3.49. The molecule has 2 aromatic heterocycles. The van der Waals surface area contributed by atoms with Crippen LogP contribution in [0.3, 0.4) is 0 Å². The minimum atomic E-state index is -0.0416. The number of aryl methyl sites for hydroxylation is 2. The molecule has 2 aromatic rings. The highest BCUT2D eigenvalue weighted by Crippen LogP contribution is 2.17. The van der Waals surface area contributed by atoms with E-state index in [1.165, 1.54) is 6.20 Å². The summed E-state index contributed by atoms with van der Waals surface area (Å²) in [6.07, 6.45) is 1.55. The second-order valence-electron chi connectivity index (χ2n) is 6.33. The van der Waals surface area contributed by atoms with Crippen molar-refractivity contribution >= 4 is 17.4 Å². The largest absolute Gasteiger partial charge is 0.374 e. The SMILES string of the molecule is Cc1cc(CN(C[C@H]2CN(C)CCO2)C(=O)c2cnns2)c(C)[nH]1. The van der Waals surface area contributed by atoms with Crippen molar-refractivity contribution in [1.29, 1.82) is 0 Å². The Morgan fingerprint density at radius 1 is 1.54 bits per heavy atom. The smallest absolute Gasteiger partial charge is 0.267 e. The zero-order valence-electron chi connectivity index (χ0n) is 14.3. The Morgan fingerprint density at radius 2 is 2.38 bits per heavy atom. The minimum Gasteiger partial charge on any atom is -0.374 e. The van der Waals surface area contributed by atoms with E-state index in [9.17, 15) is 4.79 Å². The van der Waals surface area contributed by atoms with Crippen molar-refractivity contribution in [3.63, 3.8) is 0 Å². The number of likely N-dealkylation sites (N-methyl/N-ethyl adjacent to an activating group) is 1. The lowest BCUT2D eigenvalue weighted by molar-refractivity contribution is -0.0335. The molecule has 0 radical (unpaired) electrons. The zero-order chi connectivity index (χ0) is 17.1. The summed E-state index contributed by atoms with van der Waals surface area (Å²) in [5, 5.41) is 3.79. The molecule has 1 atom stereocenters. The van der Waals surface area contributed by atoms with Crippen LogP contribution in [0.25, 0.3) is 0 Å². The highest BCUT2D eigenvalue weighted by molar-refractivity contribution is 7.07. The third-order valence-electron chi connectivity index (χ3n) is 4.24. The van der Waals surface area contributed by atoms with Gasteiger partial charge in [-0.25, -0.2) is 0 Å². The van der Waals surface area contributed by atoms with E-state index in [0.29, 0.717) is 24.6 Å². The Kier molecular flexibility index (Phi) is 5.27. The van der Waals surface area contributed by atoms with Crippen LogP contribution in [0.15, 0.2) is 12.3 Å². The number of aromatic amines is 1. The molecule has 0 aliphatic carbocycles. The van der Waals surface area contributed by atoms with Crippen LogP contribution in [0.4, 0.5) is 0 Å². The predicted octanol–water partition coefficient (Wildman–Crippen LogP) is 1.46. The van der Waals surface area contributed by atoms with Crippen LogP contribution in [0.2, 0.25) is 0 Å². The van der Waals surface area contributed by atoms with E-state index in [1.54, 1.807) is 0 Å². The molecule has 1 amide bonds. The summed E-state index contributed by atoms with van der Waals surface area (Å²) in [5.74, 6) is -0.0416. The fourth-order valence-electron chi connectivity index (χ4n) is 3.01. The first kappa shape index (κ1) is 17.1. The second kappa shape index (κ2) is 7.42. The van der Waals surface area contributed by atoms with Gasteiger partial charge in [-0.2, -0.15) is 0 Å². The number of H-pyrrole nitrogens is 1. The molecule has 0 bridgehead atoms. The highest BCUT2D eigenvalue weighted by Gasteiger charge is 2.26. The highest BCUT2D eigenvalue weighted by atomic mass is 32.1. The Hall–Kier alpha value is -1.77. The number of nitrogens with zero attached hydrogens (tertiary/aromatic N) is 4. The Morgan fingerprint density at radius 3 is 3.00 bits per heavy atom. The molecule has 8 heteroatoms. The van der Waals surface area contributed by atoms with Crippen LogP contribution in [-0.2, 0) is 11.3 Å². The number of nitrogens with one attached hydrogen (secondary N) is 1. The van der Waals surface area contributed by atoms with Crippen LogP contribution >= 0.6 is 11.5 Å². The van der Waals surface area contributed by atoms with Gasteiger partial charge in [0.1, 0.15) is 4.88 Å². The number of carbonyl (C=O) groups excluding carboxylic acids is 1. The quantitative estimate of drug-likeness (QED) is 0.884. The maximum Gasteiger partial charge on any atom is 0.267 e. The number of morpholine rings is 1. The van der Waals surface area contributed by atoms with E-state index in [1.807, 2.05) is 18.7 Å². The average Bonchev–Trinajstić information content (AvgIpc) is 3.16. The number of amides is 1. The zero-order valence-corrected chi connectivity index (χ0v) is 15.1. The third-order valence-corrected chi connectivity index (χ3v) is 4.90. The number of rotatable bonds is 5. The molecule has 7 nitrogen and oxygen atoms in total. The van der Waals surface area contributed by atoms with Crippen molar-refractivity contribution < 1.29 is 9.53 Å². The van der Waals surface area contributed by atoms with Gasteiger partial charge in [0.2, 0.25) is 0 Å². The van der Waals surface area contributed by atoms with Crippen LogP contribution in [-0.4, -0.2) is 69.7 Å². The van der Waals surface area contributed by atoms with Crippen LogP contribution in [0.1, 0.15) is 26.6 Å². The summed E-state index contributed by atoms with van der Waals surface area (Å²) in [5.41, 5.74) is 3.32. The lowest BCUT2D eigenvalue weighted by atomic mass is 10.2. The average molecular weight is 349 g/mol. The molecule has 0 spiro atoms. The maximum atomic E-state index is 12.9. The molecule has 1 saturated heterocycles. The first-order valence-corrected chi connectivity index (χ1v) is 8.82. The molecule has 0 unspecified atom stereocenters. The van der Waals surface area contributed by atoms with Crippen molar-refractivity contribution in [3.8, 4) is 0 Å². The van der Waals surface area contributed by atoms with Crippen LogP contribution in [0, 0.1) is 13.8 Å². The van der Waals surface area contributed by atoms with E-state index in [2.05, 4.69) is 32.6 Å². The second-order valence-corrected chi connectivity index (χ2v) is 7.11. The summed E-state index contributed by atoms with van der Waals surface area (Å²) in [6.45, 7) is 7.63. The molecular formula is C16H23N5O2S. The van der Waals surface area contributed by atoms with Crippen LogP contribution < -0.4 is 0 Å². The van der Waals surface area contributed by atoms with Gasteiger partial charge in [0.05, 0.1) is 18.9 Å². The standard InChI is InChI=1S/C16H23N5O2S/c1-11-6-13(12(2)18-11)8-21(16(22)15-7-17-19-24-15)10-14-9-20(3)4-5-23-14/h6-7,14,18H,4-5,8-10H2,1-3H3/t14-/m1/s1. The van der Waals surface area contributed by atoms with E-state index in [-0.39, 0.29) is 12.0 Å². The summed E-state index contributed by atoms with van der Waals surface area (Å²) in [6, 6.07) is 2.09. The first-order chi connectivity index (χ1) is 11.5. The Balaban J connectivity index is 1.77. The summed E-state index contributed by atoms with van der Waals surface area (Å²) < 4.78 is 9.66. The Bertz CT molecular complexity index is 685. The molecule has 130 valence electrons. The lowest BCUT2D eigenvalue weighted by Gasteiger charge is -2.33. The van der Waals surface area contributed by atoms with E-state index < -0.39 is 0 Å². The van der Waals surface area contributed by atoms with Gasteiger partial charge in [0, 0.05) is 37.6 Å². The molecule has 24 heavy (non-hydrogen) atoms. The van der Waals surface area contributed by atoms with Gasteiger partial charge in [0.25, 0.3) is 5.91 Å². The molecule has 0 saturated carbocycles. The van der Waals surface area contributed by atoms with E-state index in [0.717, 1.165) is 41.6 Å². The van der Waals surface area contributed by atoms with Gasteiger partial charge in [-0.1, -0.05) is 4.49 Å².